The average molecular weight is 216 g/mol. The van der Waals surface area contributed by atoms with Crippen LogP contribution in [0.1, 0.15) is 22.8 Å². The molecular formula is C12H12N2O2. The van der Waals surface area contributed by atoms with Crippen molar-refractivity contribution in [3.63, 3.8) is 0 Å². The number of hydrogen-bond acceptors (Lipinski definition) is 2. The molecule has 0 aliphatic heterocycles. The number of carbonyl (C=O) groups excluding carboxylic acids is 1. The lowest BCUT2D eigenvalue weighted by molar-refractivity contribution is 0.0998. The minimum atomic E-state index is -0.677. The molecule has 1 aromatic heterocycles. The summed E-state index contributed by atoms with van der Waals surface area (Å²) in [5.74, 6) is -0.677. The van der Waals surface area contributed by atoms with E-state index in [2.05, 4.69) is 4.98 Å². The molecule has 2 rings (SSSR count). The first kappa shape index (κ1) is 10.4. The van der Waals surface area contributed by atoms with Gasteiger partial charge in [0.1, 0.15) is 5.56 Å². The second-order valence-corrected chi connectivity index (χ2v) is 3.57. The molecule has 0 saturated heterocycles. The first-order valence-corrected chi connectivity index (χ1v) is 5.08. The van der Waals surface area contributed by atoms with Gasteiger partial charge in [0.25, 0.3) is 11.5 Å². The maximum absolute atomic E-state index is 11.7. The van der Waals surface area contributed by atoms with Crippen LogP contribution in [0.5, 0.6) is 0 Å². The van der Waals surface area contributed by atoms with Gasteiger partial charge in [-0.2, -0.15) is 0 Å². The third kappa shape index (κ3) is 1.48. The summed E-state index contributed by atoms with van der Waals surface area (Å²) in [4.78, 5) is 25.6. The Hall–Kier alpha value is -2.10. The molecule has 4 nitrogen and oxygen atoms in total. The monoisotopic (exact) mass is 216 g/mol. The van der Waals surface area contributed by atoms with Gasteiger partial charge >= 0.3 is 0 Å². The van der Waals surface area contributed by atoms with Gasteiger partial charge in [0.2, 0.25) is 0 Å². The number of carbonyl (C=O) groups is 1. The number of nitrogens with one attached hydrogen (secondary N) is 1. The summed E-state index contributed by atoms with van der Waals surface area (Å²) in [6.07, 6.45) is 0.600. The Bertz CT molecular complexity index is 614. The van der Waals surface area contributed by atoms with Crippen molar-refractivity contribution in [3.05, 3.63) is 45.7 Å². The number of primary amides is 1. The Morgan fingerprint density at radius 2 is 2.06 bits per heavy atom. The first-order chi connectivity index (χ1) is 7.65. The van der Waals surface area contributed by atoms with Crippen molar-refractivity contribution >= 4 is 16.8 Å². The molecule has 0 saturated carbocycles. The van der Waals surface area contributed by atoms with Crippen LogP contribution in [0.2, 0.25) is 0 Å². The van der Waals surface area contributed by atoms with Crippen LogP contribution in [0, 0.1) is 0 Å². The Morgan fingerprint density at radius 3 is 2.69 bits per heavy atom. The summed E-state index contributed by atoms with van der Waals surface area (Å²) in [6.45, 7) is 1.90. The zero-order chi connectivity index (χ0) is 11.7. The van der Waals surface area contributed by atoms with Crippen LogP contribution in [0.25, 0.3) is 10.9 Å². The van der Waals surface area contributed by atoms with E-state index in [1.54, 1.807) is 6.07 Å². The SMILES string of the molecule is CCc1c(C(N)=O)c(=O)[nH]c2ccccc12. The van der Waals surface area contributed by atoms with Crippen LogP contribution in [-0.2, 0) is 6.42 Å². The quantitative estimate of drug-likeness (QED) is 0.791. The summed E-state index contributed by atoms with van der Waals surface area (Å²) < 4.78 is 0. The Kier molecular flexibility index (Phi) is 2.48. The van der Waals surface area contributed by atoms with Gasteiger partial charge in [-0.15, -0.1) is 0 Å². The van der Waals surface area contributed by atoms with Gasteiger partial charge in [0.05, 0.1) is 0 Å². The van der Waals surface area contributed by atoms with Crippen LogP contribution < -0.4 is 11.3 Å². The van der Waals surface area contributed by atoms with Crippen molar-refractivity contribution in [1.82, 2.24) is 4.98 Å². The third-order valence-corrected chi connectivity index (χ3v) is 2.63. The van der Waals surface area contributed by atoms with Crippen molar-refractivity contribution in [2.45, 2.75) is 13.3 Å². The topological polar surface area (TPSA) is 76.0 Å². The van der Waals surface area contributed by atoms with E-state index in [1.807, 2.05) is 25.1 Å². The molecule has 3 N–H and O–H groups in total. The summed E-state index contributed by atoms with van der Waals surface area (Å²) >= 11 is 0. The highest BCUT2D eigenvalue weighted by atomic mass is 16.2. The molecule has 1 heterocycles. The number of hydrogen-bond donors (Lipinski definition) is 2. The smallest absolute Gasteiger partial charge is 0.261 e. The van der Waals surface area contributed by atoms with Crippen LogP contribution in [0.15, 0.2) is 29.1 Å². The first-order valence-electron chi connectivity index (χ1n) is 5.08. The molecule has 1 amide bonds. The van der Waals surface area contributed by atoms with E-state index in [4.69, 9.17) is 5.73 Å². The van der Waals surface area contributed by atoms with Crippen molar-refractivity contribution in [1.29, 1.82) is 0 Å². The van der Waals surface area contributed by atoms with Crippen LogP contribution in [-0.4, -0.2) is 10.9 Å². The third-order valence-electron chi connectivity index (χ3n) is 2.63. The molecule has 0 atom stereocenters. The molecule has 4 heteroatoms. The molecule has 16 heavy (non-hydrogen) atoms. The summed E-state index contributed by atoms with van der Waals surface area (Å²) in [6, 6.07) is 7.38. The number of amides is 1. The highest BCUT2D eigenvalue weighted by Gasteiger charge is 2.14. The standard InChI is InChI=1S/C12H12N2O2/c1-2-7-8-5-3-4-6-9(8)14-12(16)10(7)11(13)15/h3-6H,2H2,1H3,(H2,13,15)(H,14,16). The molecule has 0 bridgehead atoms. The number of nitrogens with two attached hydrogens (primary N) is 1. The predicted octanol–water partition coefficient (Wildman–Crippen LogP) is 1.19. The van der Waals surface area contributed by atoms with E-state index in [0.717, 1.165) is 10.9 Å². The van der Waals surface area contributed by atoms with E-state index in [-0.39, 0.29) is 5.56 Å². The van der Waals surface area contributed by atoms with E-state index in [9.17, 15) is 9.59 Å². The molecule has 0 aliphatic rings. The van der Waals surface area contributed by atoms with Gasteiger partial charge in [-0.3, -0.25) is 9.59 Å². The molecule has 82 valence electrons. The lowest BCUT2D eigenvalue weighted by Gasteiger charge is -2.07. The normalized spacial score (nSPS) is 10.6. The van der Waals surface area contributed by atoms with Gasteiger partial charge in [-0.1, -0.05) is 25.1 Å². The lowest BCUT2D eigenvalue weighted by Crippen LogP contribution is -2.26. The van der Waals surface area contributed by atoms with E-state index >= 15 is 0 Å². The fourth-order valence-electron chi connectivity index (χ4n) is 1.94. The van der Waals surface area contributed by atoms with Crippen LogP contribution in [0.4, 0.5) is 0 Å². The van der Waals surface area contributed by atoms with Crippen molar-refractivity contribution in [2.24, 2.45) is 5.73 Å². The second kappa shape index (κ2) is 3.81. The highest BCUT2D eigenvalue weighted by Crippen LogP contribution is 2.18. The number of para-hydroxylation sites is 1. The number of aryl methyl sites for hydroxylation is 1. The maximum atomic E-state index is 11.7. The van der Waals surface area contributed by atoms with Gasteiger partial charge in [-0.25, -0.2) is 0 Å². The molecule has 0 unspecified atom stereocenters. The Morgan fingerprint density at radius 1 is 1.38 bits per heavy atom. The Labute approximate surface area is 92.1 Å². The predicted molar refractivity (Wildman–Crippen MR) is 62.5 cm³/mol. The van der Waals surface area contributed by atoms with E-state index in [0.29, 0.717) is 12.0 Å². The summed E-state index contributed by atoms with van der Waals surface area (Å²) in [5, 5.41) is 0.874. The number of aromatic nitrogens is 1. The number of pyridine rings is 1. The number of aromatic amines is 1. The van der Waals surface area contributed by atoms with Crippen molar-refractivity contribution < 1.29 is 4.79 Å². The van der Waals surface area contributed by atoms with Crippen LogP contribution >= 0.6 is 0 Å². The zero-order valence-corrected chi connectivity index (χ0v) is 8.91. The maximum Gasteiger partial charge on any atom is 0.261 e. The minimum Gasteiger partial charge on any atom is -0.365 e. The Balaban J connectivity index is 2.96. The molecule has 0 radical (unpaired) electrons. The van der Waals surface area contributed by atoms with Gasteiger partial charge in [0.15, 0.2) is 0 Å². The van der Waals surface area contributed by atoms with E-state index < -0.39 is 11.5 Å². The number of H-pyrrole nitrogens is 1. The lowest BCUT2D eigenvalue weighted by atomic mass is 10.0. The van der Waals surface area contributed by atoms with Crippen molar-refractivity contribution in [3.8, 4) is 0 Å². The van der Waals surface area contributed by atoms with Gasteiger partial charge < -0.3 is 10.7 Å². The van der Waals surface area contributed by atoms with Crippen LogP contribution in [0.3, 0.4) is 0 Å². The molecule has 0 spiro atoms. The zero-order valence-electron chi connectivity index (χ0n) is 8.91. The average Bonchev–Trinajstić information content (AvgIpc) is 2.26. The van der Waals surface area contributed by atoms with Gasteiger partial charge in [-0.05, 0) is 18.1 Å². The number of benzene rings is 1. The van der Waals surface area contributed by atoms with Gasteiger partial charge in [0, 0.05) is 10.9 Å². The second-order valence-electron chi connectivity index (χ2n) is 3.57. The van der Waals surface area contributed by atoms with E-state index in [1.165, 1.54) is 0 Å². The highest BCUT2D eigenvalue weighted by molar-refractivity contribution is 5.99. The van der Waals surface area contributed by atoms with Crippen molar-refractivity contribution in [2.75, 3.05) is 0 Å². The molecule has 0 fully saturated rings. The fraction of sp³-hybridized carbons (Fsp3) is 0.167. The molecule has 2 aromatic rings. The number of rotatable bonds is 2. The molecule has 0 aliphatic carbocycles. The fourth-order valence-corrected chi connectivity index (χ4v) is 1.94. The minimum absolute atomic E-state index is 0.0706. The largest absolute Gasteiger partial charge is 0.365 e. The number of fused-ring (bicyclic) bond motifs is 1. The summed E-state index contributed by atoms with van der Waals surface area (Å²) in [7, 11) is 0. The summed E-state index contributed by atoms with van der Waals surface area (Å²) in [5.41, 5.74) is 6.33. The molecule has 1 aromatic carbocycles. The molecular weight excluding hydrogens is 204 g/mol.